The third-order valence-electron chi connectivity index (χ3n) is 3.30. The lowest BCUT2D eigenvalue weighted by atomic mass is 10.1. The van der Waals surface area contributed by atoms with Crippen molar-refractivity contribution in [1.29, 1.82) is 0 Å². The van der Waals surface area contributed by atoms with E-state index in [1.54, 1.807) is 0 Å². The second-order valence-electron chi connectivity index (χ2n) is 4.70. The number of hydrogen-bond acceptors (Lipinski definition) is 2. The number of nitrogens with one attached hydrogen (secondary N) is 1. The predicted molar refractivity (Wildman–Crippen MR) is 77.5 cm³/mol. The van der Waals surface area contributed by atoms with Crippen LogP contribution in [-0.2, 0) is 0 Å². The molecule has 0 aromatic heterocycles. The highest BCUT2D eigenvalue weighted by atomic mass is 15.3. The summed E-state index contributed by atoms with van der Waals surface area (Å²) in [5.74, 6) is 0.991. The maximum absolute atomic E-state index is 4.07. The van der Waals surface area contributed by atoms with Gasteiger partial charge in [0.1, 0.15) is 5.82 Å². The number of hydrogen-bond donors (Lipinski definition) is 1. The summed E-state index contributed by atoms with van der Waals surface area (Å²) >= 11 is 0. The van der Waals surface area contributed by atoms with Crippen LogP contribution in [0, 0.1) is 0 Å². The quantitative estimate of drug-likeness (QED) is 0.760. The van der Waals surface area contributed by atoms with Crippen LogP contribution in [0.5, 0.6) is 0 Å². The van der Waals surface area contributed by atoms with Gasteiger partial charge in [0.25, 0.3) is 0 Å². The van der Waals surface area contributed by atoms with Crippen LogP contribution >= 0.6 is 0 Å². The van der Waals surface area contributed by atoms with E-state index in [-0.39, 0.29) is 0 Å². The Hall–Kier alpha value is -1.70. The molecule has 96 valence electrons. The molecule has 0 aliphatic carbocycles. The van der Waals surface area contributed by atoms with Gasteiger partial charge in [0.05, 0.1) is 5.70 Å². The van der Waals surface area contributed by atoms with Crippen molar-refractivity contribution in [2.24, 2.45) is 0 Å². The van der Waals surface area contributed by atoms with E-state index in [1.807, 2.05) is 6.07 Å². The van der Waals surface area contributed by atoms with Gasteiger partial charge in [-0.3, -0.25) is 0 Å². The molecular formula is C16H22N2. The average molecular weight is 242 g/mol. The fourth-order valence-corrected chi connectivity index (χ4v) is 2.25. The van der Waals surface area contributed by atoms with Crippen LogP contribution in [0.1, 0.15) is 38.2 Å². The minimum absolute atomic E-state index is 0.991. The Kier molecular flexibility index (Phi) is 4.46. The van der Waals surface area contributed by atoms with Gasteiger partial charge < -0.3 is 10.2 Å². The smallest absolute Gasteiger partial charge is 0.102 e. The standard InChI is InChI=1S/C16H22N2/c1-3-4-5-9-12-18-14(2)17-13-16(18)15-10-7-6-8-11-15/h6-8,10-11,13,17H,2-5,9,12H2,1H3. The molecule has 0 saturated carbocycles. The van der Waals surface area contributed by atoms with Crippen LogP contribution < -0.4 is 5.32 Å². The van der Waals surface area contributed by atoms with E-state index in [1.165, 1.54) is 36.9 Å². The van der Waals surface area contributed by atoms with Crippen molar-refractivity contribution in [2.45, 2.75) is 32.6 Å². The fourth-order valence-electron chi connectivity index (χ4n) is 2.25. The molecule has 0 radical (unpaired) electrons. The van der Waals surface area contributed by atoms with Gasteiger partial charge in [0.15, 0.2) is 0 Å². The highest BCUT2D eigenvalue weighted by Gasteiger charge is 2.19. The van der Waals surface area contributed by atoms with E-state index in [9.17, 15) is 0 Å². The zero-order valence-corrected chi connectivity index (χ0v) is 11.2. The molecule has 2 heteroatoms. The number of benzene rings is 1. The number of nitrogens with zero attached hydrogens (tertiary/aromatic N) is 1. The molecule has 1 aliphatic heterocycles. The molecule has 1 aliphatic rings. The Balaban J connectivity index is 1.99. The van der Waals surface area contributed by atoms with Crippen LogP contribution in [0.2, 0.25) is 0 Å². The molecule has 0 saturated heterocycles. The first-order valence-electron chi connectivity index (χ1n) is 6.81. The molecule has 1 aromatic rings. The highest BCUT2D eigenvalue weighted by Crippen LogP contribution is 2.26. The zero-order valence-electron chi connectivity index (χ0n) is 11.2. The van der Waals surface area contributed by atoms with Crippen LogP contribution in [0.4, 0.5) is 0 Å². The van der Waals surface area contributed by atoms with Crippen molar-refractivity contribution < 1.29 is 0 Å². The highest BCUT2D eigenvalue weighted by molar-refractivity contribution is 5.67. The largest absolute Gasteiger partial charge is 0.346 e. The van der Waals surface area contributed by atoms with Crippen LogP contribution in [0.3, 0.4) is 0 Å². The van der Waals surface area contributed by atoms with Crippen molar-refractivity contribution in [1.82, 2.24) is 10.2 Å². The topological polar surface area (TPSA) is 15.3 Å². The third kappa shape index (κ3) is 2.95. The summed E-state index contributed by atoms with van der Waals surface area (Å²) < 4.78 is 0. The van der Waals surface area contributed by atoms with E-state index in [0.717, 1.165) is 12.4 Å². The maximum atomic E-state index is 4.07. The van der Waals surface area contributed by atoms with Gasteiger partial charge in [0, 0.05) is 12.7 Å². The third-order valence-corrected chi connectivity index (χ3v) is 3.30. The molecule has 1 N–H and O–H groups in total. The fraction of sp³-hybridized carbons (Fsp3) is 0.375. The van der Waals surface area contributed by atoms with Crippen LogP contribution in [-0.4, -0.2) is 11.4 Å². The summed E-state index contributed by atoms with van der Waals surface area (Å²) in [5.41, 5.74) is 2.48. The summed E-state index contributed by atoms with van der Waals surface area (Å²) in [6.07, 6.45) is 7.16. The van der Waals surface area contributed by atoms with Gasteiger partial charge in [-0.2, -0.15) is 0 Å². The first-order chi connectivity index (χ1) is 8.83. The molecule has 1 heterocycles. The summed E-state index contributed by atoms with van der Waals surface area (Å²) in [7, 11) is 0. The summed E-state index contributed by atoms with van der Waals surface area (Å²) in [4.78, 5) is 2.28. The molecule has 0 unspecified atom stereocenters. The number of rotatable bonds is 6. The van der Waals surface area contributed by atoms with Crippen molar-refractivity contribution >= 4 is 5.70 Å². The SMILES string of the molecule is C=C1NC=C(c2ccccc2)N1CCCCCC. The molecule has 0 amide bonds. The van der Waals surface area contributed by atoms with E-state index < -0.39 is 0 Å². The molecule has 2 nitrogen and oxygen atoms in total. The minimum atomic E-state index is 0.991. The van der Waals surface area contributed by atoms with Crippen LogP contribution in [0.15, 0.2) is 48.9 Å². The summed E-state index contributed by atoms with van der Waals surface area (Å²) in [5, 5.41) is 3.23. The first-order valence-corrected chi connectivity index (χ1v) is 6.81. The molecule has 0 bridgehead atoms. The molecule has 18 heavy (non-hydrogen) atoms. The zero-order chi connectivity index (χ0) is 12.8. The molecule has 0 atom stereocenters. The Labute approximate surface area is 110 Å². The van der Waals surface area contributed by atoms with Gasteiger partial charge in [-0.05, 0) is 12.0 Å². The average Bonchev–Trinajstić information content (AvgIpc) is 2.77. The Morgan fingerprint density at radius 2 is 1.89 bits per heavy atom. The second-order valence-corrected chi connectivity index (χ2v) is 4.70. The van der Waals surface area contributed by atoms with E-state index >= 15 is 0 Å². The van der Waals surface area contributed by atoms with Gasteiger partial charge in [-0.1, -0.05) is 63.1 Å². The Morgan fingerprint density at radius 1 is 1.11 bits per heavy atom. The summed E-state index contributed by atoms with van der Waals surface area (Å²) in [6.45, 7) is 7.36. The lowest BCUT2D eigenvalue weighted by Crippen LogP contribution is -2.21. The van der Waals surface area contributed by atoms with E-state index in [2.05, 4.69) is 54.2 Å². The van der Waals surface area contributed by atoms with Crippen molar-refractivity contribution in [3.05, 3.63) is 54.5 Å². The Morgan fingerprint density at radius 3 is 2.61 bits per heavy atom. The normalized spacial score (nSPS) is 14.6. The minimum Gasteiger partial charge on any atom is -0.346 e. The molecule has 1 aromatic carbocycles. The Bertz CT molecular complexity index is 420. The van der Waals surface area contributed by atoms with Crippen molar-refractivity contribution in [3.63, 3.8) is 0 Å². The van der Waals surface area contributed by atoms with Gasteiger partial charge in [-0.15, -0.1) is 0 Å². The monoisotopic (exact) mass is 242 g/mol. The van der Waals surface area contributed by atoms with Crippen molar-refractivity contribution in [2.75, 3.05) is 6.54 Å². The lowest BCUT2D eigenvalue weighted by molar-refractivity contribution is 0.459. The van der Waals surface area contributed by atoms with Gasteiger partial charge in [-0.25, -0.2) is 0 Å². The van der Waals surface area contributed by atoms with Gasteiger partial charge >= 0.3 is 0 Å². The van der Waals surface area contributed by atoms with E-state index in [0.29, 0.717) is 0 Å². The van der Waals surface area contributed by atoms with E-state index in [4.69, 9.17) is 0 Å². The number of unbranched alkanes of at least 4 members (excludes halogenated alkanes) is 3. The van der Waals surface area contributed by atoms with Crippen molar-refractivity contribution in [3.8, 4) is 0 Å². The predicted octanol–water partition coefficient (Wildman–Crippen LogP) is 3.94. The lowest BCUT2D eigenvalue weighted by Gasteiger charge is -2.22. The first kappa shape index (κ1) is 12.7. The molecular weight excluding hydrogens is 220 g/mol. The van der Waals surface area contributed by atoms with Gasteiger partial charge in [0.2, 0.25) is 0 Å². The molecule has 2 rings (SSSR count). The van der Waals surface area contributed by atoms with Crippen LogP contribution in [0.25, 0.3) is 5.70 Å². The molecule has 0 spiro atoms. The maximum Gasteiger partial charge on any atom is 0.102 e. The molecule has 0 fully saturated rings. The second kappa shape index (κ2) is 6.29. The summed E-state index contributed by atoms with van der Waals surface area (Å²) in [6, 6.07) is 10.5.